The van der Waals surface area contributed by atoms with Gasteiger partial charge in [-0.1, -0.05) is 66.7 Å². The van der Waals surface area contributed by atoms with Crippen LogP contribution in [0.5, 0.6) is 0 Å². The van der Waals surface area contributed by atoms with Gasteiger partial charge < -0.3 is 10.2 Å². The van der Waals surface area contributed by atoms with Crippen LogP contribution in [-0.4, -0.2) is 37.6 Å². The Labute approximate surface area is 133 Å². The maximum atomic E-state index is 3.41. The van der Waals surface area contributed by atoms with E-state index in [1.165, 1.54) is 29.8 Å². The first kappa shape index (κ1) is 15.0. The van der Waals surface area contributed by atoms with Crippen molar-refractivity contribution in [3.05, 3.63) is 77.9 Å². The van der Waals surface area contributed by atoms with E-state index >= 15 is 0 Å². The summed E-state index contributed by atoms with van der Waals surface area (Å²) >= 11 is 0. The van der Waals surface area contributed by atoms with E-state index in [4.69, 9.17) is 0 Å². The molecule has 1 saturated heterocycles. The minimum Gasteiger partial charge on any atom is -0.314 e. The summed E-state index contributed by atoms with van der Waals surface area (Å²) in [7, 11) is 0. The van der Waals surface area contributed by atoms with Crippen molar-refractivity contribution in [1.82, 2.24) is 10.2 Å². The molecule has 1 fully saturated rings. The maximum absolute atomic E-state index is 3.41. The summed E-state index contributed by atoms with van der Waals surface area (Å²) in [5.74, 6) is 0. The van der Waals surface area contributed by atoms with Gasteiger partial charge in [0.25, 0.3) is 0 Å². The standard InChI is InChI=1S/C20H24N2/c1-3-8-18(9-4-1)20(19-10-5-2-6-11-19)12-7-15-22-16-13-21-14-17-22/h1-6,8-12,21H,7,13-17H2. The van der Waals surface area contributed by atoms with Crippen LogP contribution >= 0.6 is 0 Å². The van der Waals surface area contributed by atoms with Crippen LogP contribution in [0.4, 0.5) is 0 Å². The van der Waals surface area contributed by atoms with Crippen LogP contribution in [-0.2, 0) is 0 Å². The molecule has 0 radical (unpaired) electrons. The van der Waals surface area contributed by atoms with E-state index in [0.29, 0.717) is 0 Å². The van der Waals surface area contributed by atoms with Crippen molar-refractivity contribution >= 4 is 5.57 Å². The zero-order chi connectivity index (χ0) is 15.0. The van der Waals surface area contributed by atoms with Gasteiger partial charge in [-0.2, -0.15) is 0 Å². The van der Waals surface area contributed by atoms with Gasteiger partial charge in [-0.3, -0.25) is 0 Å². The fourth-order valence-electron chi connectivity index (χ4n) is 2.96. The molecule has 0 bridgehead atoms. The van der Waals surface area contributed by atoms with Gasteiger partial charge in [0.15, 0.2) is 0 Å². The van der Waals surface area contributed by atoms with Gasteiger partial charge >= 0.3 is 0 Å². The highest BCUT2D eigenvalue weighted by Crippen LogP contribution is 2.23. The molecule has 0 amide bonds. The molecule has 0 spiro atoms. The summed E-state index contributed by atoms with van der Waals surface area (Å²) in [5.41, 5.74) is 3.94. The van der Waals surface area contributed by atoms with E-state index in [9.17, 15) is 0 Å². The monoisotopic (exact) mass is 292 g/mol. The summed E-state index contributed by atoms with van der Waals surface area (Å²) in [6.07, 6.45) is 3.49. The van der Waals surface area contributed by atoms with Gasteiger partial charge in [0.1, 0.15) is 0 Å². The molecule has 0 unspecified atom stereocenters. The smallest absolute Gasteiger partial charge is 0.0107 e. The van der Waals surface area contributed by atoms with E-state index in [0.717, 1.165) is 26.1 Å². The molecule has 1 heterocycles. The third-order valence-corrected chi connectivity index (χ3v) is 4.17. The maximum Gasteiger partial charge on any atom is 0.0107 e. The quantitative estimate of drug-likeness (QED) is 0.908. The summed E-state index contributed by atoms with van der Waals surface area (Å²) in [4.78, 5) is 2.54. The zero-order valence-corrected chi connectivity index (χ0v) is 13.0. The first-order valence-corrected chi connectivity index (χ1v) is 8.17. The molecule has 2 heteroatoms. The van der Waals surface area contributed by atoms with Crippen LogP contribution < -0.4 is 5.32 Å². The molecule has 1 aliphatic heterocycles. The van der Waals surface area contributed by atoms with Crippen LogP contribution in [0.3, 0.4) is 0 Å². The number of nitrogens with one attached hydrogen (secondary N) is 1. The fourth-order valence-corrected chi connectivity index (χ4v) is 2.96. The normalized spacial score (nSPS) is 15.5. The molecule has 2 aromatic carbocycles. The van der Waals surface area contributed by atoms with Gasteiger partial charge in [-0.05, 0) is 23.1 Å². The number of nitrogens with zero attached hydrogens (tertiary/aromatic N) is 1. The molecule has 2 aromatic rings. The van der Waals surface area contributed by atoms with Gasteiger partial charge in [0.2, 0.25) is 0 Å². The van der Waals surface area contributed by atoms with E-state index in [-0.39, 0.29) is 0 Å². The molecular formula is C20H24N2. The minimum atomic E-state index is 1.10. The first-order chi connectivity index (χ1) is 10.9. The Hall–Kier alpha value is -1.90. The Bertz CT molecular complexity index is 542. The van der Waals surface area contributed by atoms with Crippen molar-refractivity contribution in [2.75, 3.05) is 32.7 Å². The minimum absolute atomic E-state index is 1.10. The largest absolute Gasteiger partial charge is 0.314 e. The summed E-state index contributed by atoms with van der Waals surface area (Å²) < 4.78 is 0. The van der Waals surface area contributed by atoms with Crippen LogP contribution in [0.2, 0.25) is 0 Å². The van der Waals surface area contributed by atoms with Crippen molar-refractivity contribution in [3.63, 3.8) is 0 Å². The molecule has 2 nitrogen and oxygen atoms in total. The van der Waals surface area contributed by atoms with Crippen molar-refractivity contribution in [2.45, 2.75) is 6.42 Å². The second-order valence-electron chi connectivity index (χ2n) is 5.73. The van der Waals surface area contributed by atoms with Gasteiger partial charge in [0.05, 0.1) is 0 Å². The lowest BCUT2D eigenvalue weighted by atomic mass is 9.97. The van der Waals surface area contributed by atoms with E-state index in [1.807, 2.05) is 0 Å². The highest BCUT2D eigenvalue weighted by atomic mass is 15.2. The summed E-state index contributed by atoms with van der Waals surface area (Å²) in [6, 6.07) is 21.4. The number of rotatable bonds is 5. The molecular weight excluding hydrogens is 268 g/mol. The first-order valence-electron chi connectivity index (χ1n) is 8.17. The van der Waals surface area contributed by atoms with Gasteiger partial charge in [0, 0.05) is 32.7 Å². The molecule has 0 aliphatic carbocycles. The predicted octanol–water partition coefficient (Wildman–Crippen LogP) is 3.41. The molecule has 22 heavy (non-hydrogen) atoms. The van der Waals surface area contributed by atoms with Crippen LogP contribution in [0.25, 0.3) is 5.57 Å². The SMILES string of the molecule is C(CCN1CCNCC1)=C(c1ccccc1)c1ccccc1. The Balaban J connectivity index is 1.75. The van der Waals surface area contributed by atoms with E-state index in [1.54, 1.807) is 0 Å². The molecule has 1 aliphatic rings. The van der Waals surface area contributed by atoms with Crippen molar-refractivity contribution in [1.29, 1.82) is 0 Å². The molecule has 114 valence electrons. The highest BCUT2D eigenvalue weighted by molar-refractivity contribution is 5.79. The lowest BCUT2D eigenvalue weighted by Gasteiger charge is -2.26. The van der Waals surface area contributed by atoms with E-state index < -0.39 is 0 Å². The van der Waals surface area contributed by atoms with Crippen LogP contribution in [0.15, 0.2) is 66.7 Å². The van der Waals surface area contributed by atoms with Crippen molar-refractivity contribution < 1.29 is 0 Å². The lowest BCUT2D eigenvalue weighted by molar-refractivity contribution is 0.245. The highest BCUT2D eigenvalue weighted by Gasteiger charge is 2.09. The molecule has 0 saturated carbocycles. The Morgan fingerprint density at radius 3 is 1.95 bits per heavy atom. The van der Waals surface area contributed by atoms with Crippen molar-refractivity contribution in [2.24, 2.45) is 0 Å². The average molecular weight is 292 g/mol. The number of hydrogen-bond donors (Lipinski definition) is 1. The second-order valence-corrected chi connectivity index (χ2v) is 5.73. The zero-order valence-electron chi connectivity index (χ0n) is 13.0. The predicted molar refractivity (Wildman–Crippen MR) is 93.9 cm³/mol. The third-order valence-electron chi connectivity index (χ3n) is 4.17. The molecule has 1 N–H and O–H groups in total. The summed E-state index contributed by atoms with van der Waals surface area (Å²) in [5, 5.41) is 3.41. The molecule has 0 aromatic heterocycles. The van der Waals surface area contributed by atoms with Gasteiger partial charge in [-0.15, -0.1) is 0 Å². The molecule has 3 rings (SSSR count). The number of piperazine rings is 1. The van der Waals surface area contributed by atoms with E-state index in [2.05, 4.69) is 77.0 Å². The number of hydrogen-bond acceptors (Lipinski definition) is 2. The topological polar surface area (TPSA) is 15.3 Å². The Kier molecular flexibility index (Phi) is 5.41. The van der Waals surface area contributed by atoms with Crippen molar-refractivity contribution in [3.8, 4) is 0 Å². The average Bonchev–Trinajstić information content (AvgIpc) is 2.61. The fraction of sp³-hybridized carbons (Fsp3) is 0.300. The third kappa shape index (κ3) is 4.06. The van der Waals surface area contributed by atoms with Gasteiger partial charge in [-0.25, -0.2) is 0 Å². The molecule has 0 atom stereocenters. The Morgan fingerprint density at radius 2 is 1.41 bits per heavy atom. The summed E-state index contributed by atoms with van der Waals surface area (Å²) in [6.45, 7) is 5.71. The second kappa shape index (κ2) is 7.92. The van der Waals surface area contributed by atoms with Crippen LogP contribution in [0, 0.1) is 0 Å². The van der Waals surface area contributed by atoms with Crippen LogP contribution in [0.1, 0.15) is 17.5 Å². The lowest BCUT2D eigenvalue weighted by Crippen LogP contribution is -2.43. The number of benzene rings is 2. The Morgan fingerprint density at radius 1 is 0.864 bits per heavy atom.